The van der Waals surface area contributed by atoms with E-state index >= 15 is 0 Å². The average Bonchev–Trinajstić information content (AvgIpc) is 3.11. The lowest BCUT2D eigenvalue weighted by molar-refractivity contribution is -0.122. The van der Waals surface area contributed by atoms with Gasteiger partial charge >= 0.3 is 0 Å². The molecular weight excluding hydrogens is 398 g/mol. The number of hydrogen-bond donors (Lipinski definition) is 0. The lowest BCUT2D eigenvalue weighted by atomic mass is 9.68. The molecule has 3 aromatic carbocycles. The number of carbonyl (C=O) groups excluding carboxylic acids is 2. The number of amides is 2. The molecule has 1 saturated heterocycles. The smallest absolute Gasteiger partial charge is 0.238 e. The first-order chi connectivity index (χ1) is 15.7. The van der Waals surface area contributed by atoms with Gasteiger partial charge in [-0.15, -0.1) is 0 Å². The maximum absolute atomic E-state index is 13.8. The monoisotopic (exact) mass is 423 g/mol. The summed E-state index contributed by atoms with van der Waals surface area (Å²) in [6.07, 6.45) is 4.22. The minimum atomic E-state index is -0.438. The number of hydrogen-bond acceptors (Lipinski definition) is 3. The van der Waals surface area contributed by atoms with Crippen LogP contribution < -0.4 is 9.64 Å². The highest BCUT2D eigenvalue weighted by Crippen LogP contribution is 2.50. The van der Waals surface area contributed by atoms with Crippen molar-refractivity contribution in [2.75, 3.05) is 11.5 Å². The molecule has 3 aromatic rings. The van der Waals surface area contributed by atoms with E-state index in [0.717, 1.165) is 16.9 Å². The van der Waals surface area contributed by atoms with Crippen LogP contribution in [-0.4, -0.2) is 18.4 Å². The van der Waals surface area contributed by atoms with E-state index in [2.05, 4.69) is 12.2 Å². The Hall–Kier alpha value is -3.66. The number of anilines is 1. The molecule has 0 aromatic heterocycles. The van der Waals surface area contributed by atoms with Crippen molar-refractivity contribution in [2.24, 2.45) is 11.8 Å². The van der Waals surface area contributed by atoms with Crippen molar-refractivity contribution in [3.63, 3.8) is 0 Å². The fourth-order valence-corrected chi connectivity index (χ4v) is 5.05. The van der Waals surface area contributed by atoms with Gasteiger partial charge in [-0.2, -0.15) is 0 Å². The third-order valence-corrected chi connectivity index (χ3v) is 6.47. The summed E-state index contributed by atoms with van der Waals surface area (Å²) in [6, 6.07) is 27.2. The summed E-state index contributed by atoms with van der Waals surface area (Å²) < 4.78 is 5.52. The van der Waals surface area contributed by atoms with Crippen LogP contribution in [0.2, 0.25) is 0 Å². The highest BCUT2D eigenvalue weighted by atomic mass is 16.5. The normalized spacial score (nSPS) is 24.5. The lowest BCUT2D eigenvalue weighted by Gasteiger charge is -2.32. The molecule has 4 heteroatoms. The van der Waals surface area contributed by atoms with Crippen LogP contribution in [0.3, 0.4) is 0 Å². The van der Waals surface area contributed by atoms with Gasteiger partial charge < -0.3 is 4.74 Å². The number of fused-ring (bicyclic) bond motifs is 1. The first kappa shape index (κ1) is 20.3. The minimum absolute atomic E-state index is 0.134. The van der Waals surface area contributed by atoms with E-state index < -0.39 is 11.8 Å². The van der Waals surface area contributed by atoms with Gasteiger partial charge in [0.25, 0.3) is 0 Å². The predicted octanol–water partition coefficient (Wildman–Crippen LogP) is 5.33. The lowest BCUT2D eigenvalue weighted by Crippen LogP contribution is -2.31. The number of carbonyl (C=O) groups is 2. The van der Waals surface area contributed by atoms with Crippen LogP contribution in [0.5, 0.6) is 5.75 Å². The second kappa shape index (κ2) is 8.46. The molecule has 1 aliphatic carbocycles. The molecule has 4 nitrogen and oxygen atoms in total. The number of ether oxygens (including phenoxy) is 1. The average molecular weight is 424 g/mol. The van der Waals surface area contributed by atoms with Gasteiger partial charge in [-0.1, -0.05) is 72.8 Å². The molecule has 1 heterocycles. The zero-order chi connectivity index (χ0) is 22.1. The molecule has 1 fully saturated rings. The number of rotatable bonds is 5. The summed E-state index contributed by atoms with van der Waals surface area (Å²) >= 11 is 0. The van der Waals surface area contributed by atoms with Crippen molar-refractivity contribution in [1.82, 2.24) is 0 Å². The van der Waals surface area contributed by atoms with Crippen molar-refractivity contribution in [3.8, 4) is 5.75 Å². The molecule has 0 radical (unpaired) electrons. The van der Waals surface area contributed by atoms with Gasteiger partial charge in [0.2, 0.25) is 11.8 Å². The van der Waals surface area contributed by atoms with Gasteiger partial charge in [0.05, 0.1) is 24.1 Å². The molecule has 4 atom stereocenters. The molecule has 1 aliphatic heterocycles. The van der Waals surface area contributed by atoms with E-state index in [1.165, 1.54) is 4.90 Å². The maximum Gasteiger partial charge on any atom is 0.238 e. The first-order valence-corrected chi connectivity index (χ1v) is 11.1. The Morgan fingerprint density at radius 2 is 1.16 bits per heavy atom. The Morgan fingerprint density at radius 3 is 1.59 bits per heavy atom. The van der Waals surface area contributed by atoms with E-state index in [9.17, 15) is 9.59 Å². The van der Waals surface area contributed by atoms with E-state index in [1.807, 2.05) is 79.7 Å². The second-order valence-electron chi connectivity index (χ2n) is 8.25. The topological polar surface area (TPSA) is 46.6 Å². The fraction of sp³-hybridized carbons (Fsp3) is 0.214. The third-order valence-electron chi connectivity index (χ3n) is 6.47. The van der Waals surface area contributed by atoms with Crippen molar-refractivity contribution in [1.29, 1.82) is 0 Å². The number of benzene rings is 3. The molecule has 0 unspecified atom stereocenters. The largest absolute Gasteiger partial charge is 0.494 e. The molecule has 5 rings (SSSR count). The van der Waals surface area contributed by atoms with Crippen LogP contribution in [0.15, 0.2) is 97.1 Å². The molecular formula is C28H25NO3. The highest BCUT2D eigenvalue weighted by Gasteiger charge is 2.55. The Labute approximate surface area is 188 Å². The standard InChI is InChI=1S/C28H25NO3/c1-2-32-22-15-13-21(14-16-22)29-27(30)25-23(19-9-5-3-6-10-19)17-18-24(26(25)28(29)31)20-11-7-4-8-12-20/h3-18,23-26H,2H2,1H3/t23-,24-,25-,26+/m1/s1. The highest BCUT2D eigenvalue weighted by molar-refractivity contribution is 6.23. The minimum Gasteiger partial charge on any atom is -0.494 e. The summed E-state index contributed by atoms with van der Waals surface area (Å²) in [5.74, 6) is -0.695. The van der Waals surface area contributed by atoms with Gasteiger partial charge in [-0.25, -0.2) is 4.90 Å². The summed E-state index contributed by atoms with van der Waals surface area (Å²) in [6.45, 7) is 2.49. The number of allylic oxidation sites excluding steroid dienone is 2. The molecule has 160 valence electrons. The third kappa shape index (κ3) is 3.42. The number of nitrogens with zero attached hydrogens (tertiary/aromatic N) is 1. The van der Waals surface area contributed by atoms with Gasteiger partial charge in [0, 0.05) is 11.8 Å². The van der Waals surface area contributed by atoms with Crippen LogP contribution in [-0.2, 0) is 9.59 Å². The van der Waals surface area contributed by atoms with Gasteiger partial charge in [-0.3, -0.25) is 9.59 Å². The van der Waals surface area contributed by atoms with Crippen molar-refractivity contribution < 1.29 is 14.3 Å². The molecule has 2 aliphatic rings. The Morgan fingerprint density at radius 1 is 0.688 bits per heavy atom. The maximum atomic E-state index is 13.8. The predicted molar refractivity (Wildman–Crippen MR) is 125 cm³/mol. The Bertz CT molecular complexity index is 1070. The molecule has 0 N–H and O–H groups in total. The first-order valence-electron chi connectivity index (χ1n) is 11.1. The van der Waals surface area contributed by atoms with E-state index in [1.54, 1.807) is 12.1 Å². The summed E-state index contributed by atoms with van der Waals surface area (Å²) in [5.41, 5.74) is 2.70. The summed E-state index contributed by atoms with van der Waals surface area (Å²) in [5, 5.41) is 0. The molecule has 0 spiro atoms. The van der Waals surface area contributed by atoms with E-state index in [0.29, 0.717) is 12.3 Å². The van der Waals surface area contributed by atoms with E-state index in [-0.39, 0.29) is 23.7 Å². The van der Waals surface area contributed by atoms with Crippen LogP contribution in [0.25, 0.3) is 0 Å². The molecule has 32 heavy (non-hydrogen) atoms. The zero-order valence-electron chi connectivity index (χ0n) is 17.9. The SMILES string of the molecule is CCOc1ccc(N2C(=O)[C@@H]3[C@H](C2=O)[C@@H](c2ccccc2)C=C[C@@H]3c2ccccc2)cc1. The molecule has 2 amide bonds. The van der Waals surface area contributed by atoms with Gasteiger partial charge in [0.1, 0.15) is 5.75 Å². The fourth-order valence-electron chi connectivity index (χ4n) is 5.05. The van der Waals surface area contributed by atoms with Crippen molar-refractivity contribution in [3.05, 3.63) is 108 Å². The van der Waals surface area contributed by atoms with Gasteiger partial charge in [0.15, 0.2) is 0 Å². The van der Waals surface area contributed by atoms with Crippen molar-refractivity contribution >= 4 is 17.5 Å². The van der Waals surface area contributed by atoms with Gasteiger partial charge in [-0.05, 0) is 42.3 Å². The van der Waals surface area contributed by atoms with E-state index in [4.69, 9.17) is 4.74 Å². The molecule has 0 bridgehead atoms. The Balaban J connectivity index is 1.58. The Kier molecular flexibility index (Phi) is 5.36. The van der Waals surface area contributed by atoms with Crippen molar-refractivity contribution in [2.45, 2.75) is 18.8 Å². The van der Waals surface area contributed by atoms with Crippen LogP contribution in [0.4, 0.5) is 5.69 Å². The van der Waals surface area contributed by atoms with Crippen LogP contribution >= 0.6 is 0 Å². The zero-order valence-corrected chi connectivity index (χ0v) is 17.9. The van der Waals surface area contributed by atoms with Crippen LogP contribution in [0.1, 0.15) is 29.9 Å². The summed E-state index contributed by atoms with van der Waals surface area (Å²) in [4.78, 5) is 28.9. The summed E-state index contributed by atoms with van der Waals surface area (Å²) in [7, 11) is 0. The number of imide groups is 1. The quantitative estimate of drug-likeness (QED) is 0.412. The second-order valence-corrected chi connectivity index (χ2v) is 8.25. The molecule has 0 saturated carbocycles. The van der Waals surface area contributed by atoms with Crippen LogP contribution in [0, 0.1) is 11.8 Å².